The van der Waals surface area contributed by atoms with E-state index in [1.54, 1.807) is 40.6 Å². The zero-order valence-corrected chi connectivity index (χ0v) is 13.8. The Bertz CT molecular complexity index is 807. The van der Waals surface area contributed by atoms with Crippen molar-refractivity contribution in [2.24, 2.45) is 0 Å². The Balaban J connectivity index is 1.74. The number of nitriles is 1. The van der Waals surface area contributed by atoms with E-state index < -0.39 is 5.97 Å². The Kier molecular flexibility index (Phi) is 4.49. The number of amides is 1. The first-order chi connectivity index (χ1) is 11.6. The molecular weight excluding hydrogens is 326 g/mol. The summed E-state index contributed by atoms with van der Waals surface area (Å²) < 4.78 is 4.76. The summed E-state index contributed by atoms with van der Waals surface area (Å²) >= 11 is 1.35. The number of nitrogens with one attached hydrogen (secondary N) is 1. The number of carbonyl (C=O) groups is 2. The number of thiophene rings is 1. The molecule has 1 aliphatic rings. The predicted octanol–water partition coefficient (Wildman–Crippen LogP) is 2.62. The van der Waals surface area contributed by atoms with Crippen LogP contribution in [0.2, 0.25) is 0 Å². The number of ether oxygens (including phenoxy) is 1. The van der Waals surface area contributed by atoms with Crippen molar-refractivity contribution in [1.29, 1.82) is 5.26 Å². The van der Waals surface area contributed by atoms with Gasteiger partial charge in [0.05, 0.1) is 24.3 Å². The molecule has 2 heterocycles. The lowest BCUT2D eigenvalue weighted by atomic mass is 10.2. The zero-order chi connectivity index (χ0) is 17.1. The largest absolute Gasteiger partial charge is 0.465 e. The van der Waals surface area contributed by atoms with Gasteiger partial charge in [-0.25, -0.2) is 4.79 Å². The lowest BCUT2D eigenvalue weighted by Gasteiger charge is -2.17. The van der Waals surface area contributed by atoms with Gasteiger partial charge in [-0.3, -0.25) is 4.79 Å². The first-order valence-electron chi connectivity index (χ1n) is 7.38. The van der Waals surface area contributed by atoms with Crippen LogP contribution in [0.3, 0.4) is 0 Å². The summed E-state index contributed by atoms with van der Waals surface area (Å²) in [5.74, 6) is -0.519. The zero-order valence-electron chi connectivity index (χ0n) is 13.0. The number of methoxy groups -OCH3 is 1. The normalized spacial score (nSPS) is 16.8. The number of carbonyl (C=O) groups excluding carboxylic acids is 2. The summed E-state index contributed by atoms with van der Waals surface area (Å²) in [7, 11) is 1.32. The Labute approximate surface area is 143 Å². The Morgan fingerprint density at radius 1 is 1.38 bits per heavy atom. The van der Waals surface area contributed by atoms with Crippen LogP contribution in [0.5, 0.6) is 0 Å². The minimum atomic E-state index is -0.442. The van der Waals surface area contributed by atoms with Crippen LogP contribution in [0.25, 0.3) is 0 Å². The van der Waals surface area contributed by atoms with E-state index in [9.17, 15) is 9.59 Å². The third kappa shape index (κ3) is 2.96. The first kappa shape index (κ1) is 16.0. The summed E-state index contributed by atoms with van der Waals surface area (Å²) in [6, 6.07) is 10.3. The third-order valence-corrected chi connectivity index (χ3v) is 4.79. The first-order valence-corrected chi connectivity index (χ1v) is 8.26. The molecule has 1 aromatic carbocycles. The third-order valence-electron chi connectivity index (χ3n) is 3.86. The molecule has 3 rings (SSSR count). The van der Waals surface area contributed by atoms with Gasteiger partial charge in [0.15, 0.2) is 0 Å². The summed E-state index contributed by atoms with van der Waals surface area (Å²) in [4.78, 5) is 26.1. The van der Waals surface area contributed by atoms with Crippen LogP contribution >= 0.6 is 11.3 Å². The van der Waals surface area contributed by atoms with Gasteiger partial charge in [0.25, 0.3) is 0 Å². The number of esters is 1. The highest BCUT2D eigenvalue weighted by atomic mass is 32.1. The molecule has 0 aliphatic carbocycles. The number of benzene rings is 1. The van der Waals surface area contributed by atoms with Gasteiger partial charge in [-0.15, -0.1) is 11.3 Å². The molecule has 6 nitrogen and oxygen atoms in total. The van der Waals surface area contributed by atoms with Gasteiger partial charge in [0.2, 0.25) is 5.91 Å². The van der Waals surface area contributed by atoms with Crippen molar-refractivity contribution in [2.45, 2.75) is 12.5 Å². The summed E-state index contributed by atoms with van der Waals surface area (Å²) in [5, 5.41) is 14.4. The molecule has 7 heteroatoms. The van der Waals surface area contributed by atoms with Crippen molar-refractivity contribution in [3.05, 3.63) is 46.8 Å². The smallest absolute Gasteiger partial charge is 0.340 e. The van der Waals surface area contributed by atoms with Crippen molar-refractivity contribution in [3.63, 3.8) is 0 Å². The van der Waals surface area contributed by atoms with Gasteiger partial charge < -0.3 is 15.0 Å². The quantitative estimate of drug-likeness (QED) is 0.865. The summed E-state index contributed by atoms with van der Waals surface area (Å²) in [5.41, 5.74) is 1.77. The van der Waals surface area contributed by atoms with E-state index >= 15 is 0 Å². The second kappa shape index (κ2) is 6.72. The van der Waals surface area contributed by atoms with E-state index in [-0.39, 0.29) is 11.9 Å². The molecule has 122 valence electrons. The van der Waals surface area contributed by atoms with Gasteiger partial charge in [-0.2, -0.15) is 5.26 Å². The number of nitrogens with zero attached hydrogens (tertiary/aromatic N) is 2. The van der Waals surface area contributed by atoms with Crippen LogP contribution < -0.4 is 10.2 Å². The van der Waals surface area contributed by atoms with Crippen LogP contribution in [0.4, 0.5) is 10.7 Å². The second-order valence-corrected chi connectivity index (χ2v) is 6.19. The molecule has 1 amide bonds. The van der Waals surface area contributed by atoms with Crippen molar-refractivity contribution >= 4 is 33.9 Å². The maximum Gasteiger partial charge on any atom is 0.340 e. The Hall–Kier alpha value is -2.85. The molecule has 0 radical (unpaired) electrons. The standard InChI is InChI=1S/C17H15N3O3S/c1-23-17(22)13-7-9-24-16(13)20-8-6-14(15(20)21)19-12-4-2-11(10-18)3-5-12/h2-5,7,9,14,19H,6,8H2,1H3. The van der Waals surface area contributed by atoms with Gasteiger partial charge in [0, 0.05) is 12.2 Å². The fourth-order valence-electron chi connectivity index (χ4n) is 2.63. The minimum absolute atomic E-state index is 0.0769. The summed E-state index contributed by atoms with van der Waals surface area (Å²) in [6.45, 7) is 0.539. The van der Waals surface area contributed by atoms with Crippen molar-refractivity contribution in [3.8, 4) is 6.07 Å². The Morgan fingerprint density at radius 2 is 2.12 bits per heavy atom. The fraction of sp³-hybridized carbons (Fsp3) is 0.235. The van der Waals surface area contributed by atoms with Crippen molar-refractivity contribution < 1.29 is 14.3 Å². The number of hydrogen-bond acceptors (Lipinski definition) is 6. The van der Waals surface area contributed by atoms with Crippen LogP contribution in [-0.2, 0) is 9.53 Å². The monoisotopic (exact) mass is 341 g/mol. The SMILES string of the molecule is COC(=O)c1ccsc1N1CCC(Nc2ccc(C#N)cc2)C1=O. The van der Waals surface area contributed by atoms with Crippen molar-refractivity contribution in [1.82, 2.24) is 0 Å². The highest BCUT2D eigenvalue weighted by Gasteiger charge is 2.35. The molecule has 1 saturated heterocycles. The van der Waals surface area contributed by atoms with Crippen molar-refractivity contribution in [2.75, 3.05) is 23.9 Å². The maximum atomic E-state index is 12.7. The van der Waals surface area contributed by atoms with Crippen LogP contribution in [-0.4, -0.2) is 31.6 Å². The number of rotatable bonds is 4. The highest BCUT2D eigenvalue weighted by molar-refractivity contribution is 7.14. The molecule has 1 aromatic heterocycles. The van der Waals surface area contributed by atoms with Crippen LogP contribution in [0, 0.1) is 11.3 Å². The van der Waals surface area contributed by atoms with Gasteiger partial charge in [-0.05, 0) is 42.1 Å². The molecule has 1 unspecified atom stereocenters. The van der Waals surface area contributed by atoms with E-state index in [0.717, 1.165) is 5.69 Å². The van der Waals surface area contributed by atoms with Gasteiger partial charge in [0.1, 0.15) is 11.0 Å². The maximum absolute atomic E-state index is 12.7. The molecule has 0 bridgehead atoms. The molecule has 1 N–H and O–H groups in total. The molecular formula is C17H15N3O3S. The van der Waals surface area contributed by atoms with E-state index in [2.05, 4.69) is 11.4 Å². The number of anilines is 2. The van der Waals surface area contributed by atoms with E-state index in [4.69, 9.17) is 10.00 Å². The summed E-state index contributed by atoms with van der Waals surface area (Å²) in [6.07, 6.45) is 0.636. The van der Waals surface area contributed by atoms with E-state index in [1.165, 1.54) is 18.4 Å². The van der Waals surface area contributed by atoms with Gasteiger partial charge >= 0.3 is 5.97 Å². The molecule has 0 spiro atoms. The molecule has 2 aromatic rings. The average Bonchev–Trinajstić information content (AvgIpc) is 3.22. The van der Waals surface area contributed by atoms with Gasteiger partial charge in [-0.1, -0.05) is 0 Å². The molecule has 0 saturated carbocycles. The molecule has 1 fully saturated rings. The lowest BCUT2D eigenvalue weighted by molar-refractivity contribution is -0.117. The second-order valence-electron chi connectivity index (χ2n) is 5.30. The molecule has 24 heavy (non-hydrogen) atoms. The number of hydrogen-bond donors (Lipinski definition) is 1. The predicted molar refractivity (Wildman–Crippen MR) is 91.2 cm³/mol. The topological polar surface area (TPSA) is 82.4 Å². The molecule has 1 aliphatic heterocycles. The highest BCUT2D eigenvalue weighted by Crippen LogP contribution is 2.32. The average molecular weight is 341 g/mol. The van der Waals surface area contributed by atoms with Crippen LogP contribution in [0.15, 0.2) is 35.7 Å². The fourth-order valence-corrected chi connectivity index (χ4v) is 3.55. The Morgan fingerprint density at radius 3 is 2.79 bits per heavy atom. The minimum Gasteiger partial charge on any atom is -0.465 e. The van der Waals surface area contributed by atoms with Crippen LogP contribution in [0.1, 0.15) is 22.3 Å². The van der Waals surface area contributed by atoms with E-state index in [1.807, 2.05) is 0 Å². The molecule has 1 atom stereocenters. The van der Waals surface area contributed by atoms with E-state index in [0.29, 0.717) is 29.1 Å². The lowest BCUT2D eigenvalue weighted by Crippen LogP contribution is -2.33.